The van der Waals surface area contributed by atoms with E-state index in [-0.39, 0.29) is 12.5 Å². The van der Waals surface area contributed by atoms with E-state index >= 15 is 0 Å². The third kappa shape index (κ3) is 4.79. The van der Waals surface area contributed by atoms with E-state index in [1.54, 1.807) is 30.3 Å². The van der Waals surface area contributed by atoms with Crippen molar-refractivity contribution in [2.75, 3.05) is 18.1 Å². The number of anilines is 2. The zero-order valence-corrected chi connectivity index (χ0v) is 18.7. The fraction of sp³-hybridized carbons (Fsp3) is 0.125. The van der Waals surface area contributed by atoms with Gasteiger partial charge in [0.25, 0.3) is 11.8 Å². The van der Waals surface area contributed by atoms with Crippen molar-refractivity contribution in [3.63, 3.8) is 0 Å². The largest absolute Gasteiger partial charge is 0.454 e. The minimum atomic E-state index is -0.703. The number of esters is 1. The fourth-order valence-corrected chi connectivity index (χ4v) is 4.50. The molecule has 0 atom stereocenters. The Morgan fingerprint density at radius 1 is 0.969 bits per heavy atom. The Morgan fingerprint density at radius 3 is 2.56 bits per heavy atom. The van der Waals surface area contributed by atoms with Crippen molar-refractivity contribution in [1.29, 1.82) is 0 Å². The van der Waals surface area contributed by atoms with E-state index in [1.165, 1.54) is 16.7 Å². The summed E-state index contributed by atoms with van der Waals surface area (Å²) in [5.41, 5.74) is 2.71. The number of hydrogen-bond acceptors (Lipinski definition) is 5. The number of nitrogens with zero attached hydrogens (tertiary/aromatic N) is 1. The van der Waals surface area contributed by atoms with Crippen molar-refractivity contribution in [2.24, 2.45) is 0 Å². The van der Waals surface area contributed by atoms with Gasteiger partial charge in [0.15, 0.2) is 6.61 Å². The predicted molar refractivity (Wildman–Crippen MR) is 124 cm³/mol. The lowest BCUT2D eigenvalue weighted by Gasteiger charge is -2.31. The van der Waals surface area contributed by atoms with Crippen molar-refractivity contribution in [1.82, 2.24) is 5.32 Å². The van der Waals surface area contributed by atoms with Crippen LogP contribution in [0.5, 0.6) is 0 Å². The molecule has 162 valence electrons. The number of amides is 2. The Labute approximate surface area is 194 Å². The van der Waals surface area contributed by atoms with Gasteiger partial charge >= 0.3 is 5.97 Å². The lowest BCUT2D eigenvalue weighted by Crippen LogP contribution is -2.35. The first-order valence-corrected chi connectivity index (χ1v) is 11.0. The van der Waals surface area contributed by atoms with Crippen molar-refractivity contribution in [3.8, 4) is 0 Å². The molecule has 0 saturated heterocycles. The monoisotopic (exact) mass is 466 g/mol. The van der Waals surface area contributed by atoms with Crippen LogP contribution >= 0.6 is 23.4 Å². The van der Waals surface area contributed by atoms with Crippen molar-refractivity contribution in [3.05, 3.63) is 82.9 Å². The first-order valence-electron chi connectivity index (χ1n) is 9.82. The molecule has 0 fully saturated rings. The molecular formula is C24H19ClN2O4S. The first kappa shape index (κ1) is 21.9. The number of para-hydroxylation sites is 1. The Kier molecular flexibility index (Phi) is 6.48. The molecule has 1 aliphatic rings. The number of ether oxygens (including phenoxy) is 1. The SMILES string of the molecule is Cc1cccc(C(=O)NCC(=O)OCC(=O)N2c3ccccc3Sc3ccc(Cl)cc32)c1. The Bertz CT molecular complexity index is 1210. The normalized spacial score (nSPS) is 11.9. The standard InChI is InChI=1S/C24H19ClN2O4S/c1-15-5-4-6-16(11-15)24(30)26-13-23(29)31-14-22(28)27-18-7-2-3-8-20(18)32-21-10-9-17(25)12-19(21)27/h2-12H,13-14H2,1H3,(H,26,30). The Morgan fingerprint density at radius 2 is 1.75 bits per heavy atom. The number of rotatable bonds is 5. The molecular weight excluding hydrogens is 448 g/mol. The second-order valence-electron chi connectivity index (χ2n) is 7.12. The molecule has 6 nitrogen and oxygen atoms in total. The third-order valence-corrected chi connectivity index (χ3v) is 6.13. The topological polar surface area (TPSA) is 75.7 Å². The Hall–Kier alpha value is -3.29. The minimum Gasteiger partial charge on any atom is -0.454 e. The van der Waals surface area contributed by atoms with Crippen LogP contribution in [-0.4, -0.2) is 30.9 Å². The molecule has 0 radical (unpaired) electrons. The van der Waals surface area contributed by atoms with E-state index < -0.39 is 18.5 Å². The molecule has 0 aromatic heterocycles. The zero-order valence-electron chi connectivity index (χ0n) is 17.1. The van der Waals surface area contributed by atoms with E-state index in [1.807, 2.05) is 43.3 Å². The van der Waals surface area contributed by atoms with Gasteiger partial charge < -0.3 is 10.1 Å². The number of benzene rings is 3. The van der Waals surface area contributed by atoms with Gasteiger partial charge in [-0.1, -0.05) is 53.2 Å². The number of aryl methyl sites for hydroxylation is 1. The number of nitrogens with one attached hydrogen (secondary N) is 1. The van der Waals surface area contributed by atoms with E-state index in [0.29, 0.717) is 22.0 Å². The van der Waals surface area contributed by atoms with E-state index in [9.17, 15) is 14.4 Å². The van der Waals surface area contributed by atoms with Crippen LogP contribution in [0.4, 0.5) is 11.4 Å². The van der Waals surface area contributed by atoms with Gasteiger partial charge in [0.1, 0.15) is 6.54 Å². The van der Waals surface area contributed by atoms with Crippen LogP contribution in [-0.2, 0) is 14.3 Å². The molecule has 0 bridgehead atoms. The van der Waals surface area contributed by atoms with E-state index in [2.05, 4.69) is 5.32 Å². The summed E-state index contributed by atoms with van der Waals surface area (Å²) < 4.78 is 5.14. The van der Waals surface area contributed by atoms with Gasteiger partial charge in [-0.3, -0.25) is 19.3 Å². The summed E-state index contributed by atoms with van der Waals surface area (Å²) in [5.74, 6) is -1.51. The molecule has 0 unspecified atom stereocenters. The summed E-state index contributed by atoms with van der Waals surface area (Å²) in [7, 11) is 0. The maximum atomic E-state index is 13.0. The highest BCUT2D eigenvalue weighted by molar-refractivity contribution is 7.99. The van der Waals surface area contributed by atoms with E-state index in [4.69, 9.17) is 16.3 Å². The molecule has 0 spiro atoms. The van der Waals surface area contributed by atoms with Crippen molar-refractivity contribution >= 4 is 52.5 Å². The lowest BCUT2D eigenvalue weighted by molar-refractivity contribution is -0.146. The molecule has 8 heteroatoms. The smallest absolute Gasteiger partial charge is 0.325 e. The van der Waals surface area contributed by atoms with Gasteiger partial charge in [-0.05, 0) is 49.4 Å². The molecule has 1 N–H and O–H groups in total. The molecule has 0 aliphatic carbocycles. The lowest BCUT2D eigenvalue weighted by atomic mass is 10.1. The summed E-state index contributed by atoms with van der Waals surface area (Å²) in [6.07, 6.45) is 0. The highest BCUT2D eigenvalue weighted by atomic mass is 35.5. The molecule has 1 heterocycles. The van der Waals surface area contributed by atoms with Crippen LogP contribution in [0.15, 0.2) is 76.5 Å². The van der Waals surface area contributed by atoms with Crippen LogP contribution < -0.4 is 10.2 Å². The van der Waals surface area contributed by atoms with Gasteiger partial charge in [0.05, 0.1) is 11.4 Å². The highest BCUT2D eigenvalue weighted by Crippen LogP contribution is 2.48. The van der Waals surface area contributed by atoms with Crippen LogP contribution in [0.3, 0.4) is 0 Å². The summed E-state index contributed by atoms with van der Waals surface area (Å²) in [6.45, 7) is 1.07. The van der Waals surface area contributed by atoms with Gasteiger partial charge in [-0.2, -0.15) is 0 Å². The molecule has 0 saturated carbocycles. The number of halogens is 1. The molecule has 4 rings (SSSR count). The number of carbonyl (C=O) groups is 3. The van der Waals surface area contributed by atoms with Gasteiger partial charge in [-0.25, -0.2) is 0 Å². The second kappa shape index (κ2) is 9.46. The van der Waals surface area contributed by atoms with Gasteiger partial charge in [0, 0.05) is 20.4 Å². The third-order valence-electron chi connectivity index (χ3n) is 4.77. The van der Waals surface area contributed by atoms with Crippen molar-refractivity contribution in [2.45, 2.75) is 16.7 Å². The molecule has 32 heavy (non-hydrogen) atoms. The second-order valence-corrected chi connectivity index (χ2v) is 8.64. The first-order chi connectivity index (χ1) is 15.4. The van der Waals surface area contributed by atoms with Gasteiger partial charge in [-0.15, -0.1) is 0 Å². The maximum absolute atomic E-state index is 13.0. The molecule has 1 aliphatic heterocycles. The van der Waals surface area contributed by atoms with Crippen molar-refractivity contribution < 1.29 is 19.1 Å². The predicted octanol–water partition coefficient (Wildman–Crippen LogP) is 4.75. The highest BCUT2D eigenvalue weighted by Gasteiger charge is 2.29. The summed E-state index contributed by atoms with van der Waals surface area (Å²) >= 11 is 7.70. The summed E-state index contributed by atoms with van der Waals surface area (Å²) in [5, 5.41) is 3.01. The molecule has 3 aromatic carbocycles. The zero-order chi connectivity index (χ0) is 22.7. The average molecular weight is 467 g/mol. The Balaban J connectivity index is 1.41. The number of fused-ring (bicyclic) bond motifs is 2. The summed E-state index contributed by atoms with van der Waals surface area (Å²) in [6, 6.07) is 19.8. The minimum absolute atomic E-state index is 0.338. The quantitative estimate of drug-likeness (QED) is 0.549. The molecule has 2 amide bonds. The van der Waals surface area contributed by atoms with Crippen LogP contribution in [0.2, 0.25) is 5.02 Å². The molecule has 3 aromatic rings. The average Bonchev–Trinajstić information content (AvgIpc) is 2.79. The maximum Gasteiger partial charge on any atom is 0.325 e. The summed E-state index contributed by atoms with van der Waals surface area (Å²) in [4.78, 5) is 40.7. The van der Waals surface area contributed by atoms with Crippen LogP contribution in [0.1, 0.15) is 15.9 Å². The fourth-order valence-electron chi connectivity index (χ4n) is 3.30. The van der Waals surface area contributed by atoms with Crippen LogP contribution in [0, 0.1) is 6.92 Å². The van der Waals surface area contributed by atoms with Crippen LogP contribution in [0.25, 0.3) is 0 Å². The van der Waals surface area contributed by atoms with Gasteiger partial charge in [0.2, 0.25) is 0 Å². The van der Waals surface area contributed by atoms with E-state index in [0.717, 1.165) is 15.4 Å². The number of carbonyl (C=O) groups excluding carboxylic acids is 3. The number of hydrogen-bond donors (Lipinski definition) is 1.